The van der Waals surface area contributed by atoms with Crippen LogP contribution in [0.4, 0.5) is 0 Å². The molecule has 1 fully saturated rings. The first-order valence-corrected chi connectivity index (χ1v) is 9.64. The van der Waals surface area contributed by atoms with Gasteiger partial charge in [-0.05, 0) is 55.2 Å². The number of benzene rings is 1. The topological polar surface area (TPSA) is 69.0 Å². The average Bonchev–Trinajstić information content (AvgIpc) is 3.52. The van der Waals surface area contributed by atoms with Gasteiger partial charge in [-0.25, -0.2) is 4.68 Å². The molecule has 0 atom stereocenters. The van der Waals surface area contributed by atoms with Crippen LogP contribution in [0.15, 0.2) is 48.8 Å². The molecule has 4 rings (SSSR count). The number of carbonyl (C=O) groups is 1. The van der Waals surface area contributed by atoms with E-state index in [9.17, 15) is 4.79 Å². The summed E-state index contributed by atoms with van der Waals surface area (Å²) in [6, 6.07) is 11.6. The Morgan fingerprint density at radius 1 is 1.25 bits per heavy atom. The largest absolute Gasteiger partial charge is 0.497 e. The van der Waals surface area contributed by atoms with Crippen LogP contribution in [-0.2, 0) is 13.0 Å². The molecule has 2 aromatic heterocycles. The van der Waals surface area contributed by atoms with Crippen molar-refractivity contribution in [2.24, 2.45) is 0 Å². The second-order valence-electron chi connectivity index (χ2n) is 6.99. The van der Waals surface area contributed by atoms with E-state index in [0.717, 1.165) is 53.2 Å². The SMILES string of the molecule is CCc1c(C(=O)NCc2cccnc2)c(C2CC2)nn1-c1ccc(OC)cc1. The van der Waals surface area contributed by atoms with E-state index in [4.69, 9.17) is 9.84 Å². The van der Waals surface area contributed by atoms with Crippen molar-refractivity contribution in [1.29, 1.82) is 0 Å². The summed E-state index contributed by atoms with van der Waals surface area (Å²) in [6.45, 7) is 2.51. The Labute approximate surface area is 164 Å². The third-order valence-corrected chi connectivity index (χ3v) is 5.03. The van der Waals surface area contributed by atoms with Crippen LogP contribution in [-0.4, -0.2) is 27.8 Å². The minimum absolute atomic E-state index is 0.0673. The molecule has 1 amide bonds. The fraction of sp³-hybridized carbons (Fsp3) is 0.318. The Bertz CT molecular complexity index is 960. The smallest absolute Gasteiger partial charge is 0.255 e. The van der Waals surface area contributed by atoms with E-state index >= 15 is 0 Å². The number of hydrogen-bond acceptors (Lipinski definition) is 4. The van der Waals surface area contributed by atoms with Gasteiger partial charge in [0.2, 0.25) is 0 Å². The molecule has 144 valence electrons. The summed E-state index contributed by atoms with van der Waals surface area (Å²) in [6.07, 6.45) is 6.40. The molecule has 28 heavy (non-hydrogen) atoms. The summed E-state index contributed by atoms with van der Waals surface area (Å²) >= 11 is 0. The fourth-order valence-electron chi connectivity index (χ4n) is 3.40. The van der Waals surface area contributed by atoms with Gasteiger partial charge in [-0.1, -0.05) is 13.0 Å². The second-order valence-corrected chi connectivity index (χ2v) is 6.99. The van der Waals surface area contributed by atoms with E-state index in [1.54, 1.807) is 19.5 Å². The number of aromatic nitrogens is 3. The molecule has 0 aliphatic heterocycles. The monoisotopic (exact) mass is 376 g/mol. The van der Waals surface area contributed by atoms with E-state index in [1.807, 2.05) is 41.1 Å². The van der Waals surface area contributed by atoms with Crippen LogP contribution in [0.25, 0.3) is 5.69 Å². The lowest BCUT2D eigenvalue weighted by Gasteiger charge is -2.09. The molecule has 1 aliphatic carbocycles. The van der Waals surface area contributed by atoms with E-state index in [2.05, 4.69) is 17.2 Å². The molecule has 0 spiro atoms. The van der Waals surface area contributed by atoms with Gasteiger partial charge in [-0.3, -0.25) is 9.78 Å². The number of nitrogens with zero attached hydrogens (tertiary/aromatic N) is 3. The van der Waals surface area contributed by atoms with Gasteiger partial charge in [0.05, 0.1) is 29.7 Å². The van der Waals surface area contributed by atoms with Gasteiger partial charge in [0.25, 0.3) is 5.91 Å². The molecule has 0 radical (unpaired) electrons. The zero-order valence-corrected chi connectivity index (χ0v) is 16.2. The Kier molecular flexibility index (Phi) is 5.10. The van der Waals surface area contributed by atoms with Crippen molar-refractivity contribution >= 4 is 5.91 Å². The number of nitrogens with one attached hydrogen (secondary N) is 1. The highest BCUT2D eigenvalue weighted by molar-refractivity contribution is 5.97. The van der Waals surface area contributed by atoms with E-state index < -0.39 is 0 Å². The average molecular weight is 376 g/mol. The third-order valence-electron chi connectivity index (χ3n) is 5.03. The molecule has 1 aromatic carbocycles. The Balaban J connectivity index is 1.67. The zero-order valence-electron chi connectivity index (χ0n) is 16.2. The van der Waals surface area contributed by atoms with Crippen LogP contribution in [0, 0.1) is 0 Å². The number of carbonyl (C=O) groups excluding carboxylic acids is 1. The van der Waals surface area contributed by atoms with Crippen molar-refractivity contribution in [3.05, 3.63) is 71.3 Å². The van der Waals surface area contributed by atoms with Crippen LogP contribution in [0.5, 0.6) is 5.75 Å². The molecule has 0 saturated heterocycles. The van der Waals surface area contributed by atoms with Gasteiger partial charge >= 0.3 is 0 Å². The molecular weight excluding hydrogens is 352 g/mol. The molecule has 1 saturated carbocycles. The summed E-state index contributed by atoms with van der Waals surface area (Å²) < 4.78 is 7.16. The van der Waals surface area contributed by atoms with Gasteiger partial charge in [0, 0.05) is 24.9 Å². The zero-order chi connectivity index (χ0) is 19.5. The number of ether oxygens (including phenoxy) is 1. The molecule has 1 aliphatic rings. The van der Waals surface area contributed by atoms with Gasteiger partial charge in [-0.15, -0.1) is 0 Å². The van der Waals surface area contributed by atoms with Crippen molar-refractivity contribution in [3.8, 4) is 11.4 Å². The van der Waals surface area contributed by atoms with Crippen LogP contribution in [0.3, 0.4) is 0 Å². The quantitative estimate of drug-likeness (QED) is 0.683. The maximum Gasteiger partial charge on any atom is 0.255 e. The number of amides is 1. The number of hydrogen-bond donors (Lipinski definition) is 1. The van der Waals surface area contributed by atoms with Crippen LogP contribution in [0.1, 0.15) is 53.0 Å². The molecular formula is C22H24N4O2. The predicted molar refractivity (Wildman–Crippen MR) is 107 cm³/mol. The highest BCUT2D eigenvalue weighted by Gasteiger charge is 2.34. The lowest BCUT2D eigenvalue weighted by atomic mass is 10.1. The summed E-state index contributed by atoms with van der Waals surface area (Å²) in [5.74, 6) is 1.11. The Morgan fingerprint density at radius 2 is 2.04 bits per heavy atom. The normalized spacial score (nSPS) is 13.4. The van der Waals surface area contributed by atoms with Gasteiger partial charge < -0.3 is 10.1 Å². The van der Waals surface area contributed by atoms with Crippen molar-refractivity contribution in [2.45, 2.75) is 38.6 Å². The summed E-state index contributed by atoms with van der Waals surface area (Å²) in [5.41, 5.74) is 4.49. The number of rotatable bonds is 7. The van der Waals surface area contributed by atoms with Gasteiger partial charge in [-0.2, -0.15) is 5.10 Å². The first-order valence-electron chi connectivity index (χ1n) is 9.64. The Morgan fingerprint density at radius 3 is 2.64 bits per heavy atom. The summed E-state index contributed by atoms with van der Waals surface area (Å²) in [4.78, 5) is 17.2. The number of methoxy groups -OCH3 is 1. The highest BCUT2D eigenvalue weighted by atomic mass is 16.5. The maximum absolute atomic E-state index is 13.1. The lowest BCUT2D eigenvalue weighted by molar-refractivity contribution is 0.0949. The maximum atomic E-state index is 13.1. The van der Waals surface area contributed by atoms with Crippen molar-refractivity contribution in [3.63, 3.8) is 0 Å². The minimum atomic E-state index is -0.0673. The third kappa shape index (κ3) is 3.63. The molecule has 1 N–H and O–H groups in total. The van der Waals surface area contributed by atoms with Crippen molar-refractivity contribution < 1.29 is 9.53 Å². The van der Waals surface area contributed by atoms with E-state index in [-0.39, 0.29) is 5.91 Å². The summed E-state index contributed by atoms with van der Waals surface area (Å²) in [7, 11) is 1.65. The highest BCUT2D eigenvalue weighted by Crippen LogP contribution is 2.42. The van der Waals surface area contributed by atoms with E-state index in [1.165, 1.54) is 0 Å². The lowest BCUT2D eigenvalue weighted by Crippen LogP contribution is -2.24. The standard InChI is InChI=1S/C22H24N4O2/c1-3-19-20(22(27)24-14-15-5-4-12-23-13-15)21(16-6-7-16)25-26(19)17-8-10-18(28-2)11-9-17/h4-5,8-13,16H,3,6-7,14H2,1-2H3,(H,24,27). The molecule has 6 heteroatoms. The molecule has 3 aromatic rings. The van der Waals surface area contributed by atoms with E-state index in [0.29, 0.717) is 12.5 Å². The second kappa shape index (κ2) is 7.84. The van der Waals surface area contributed by atoms with Crippen molar-refractivity contribution in [2.75, 3.05) is 7.11 Å². The number of pyridine rings is 1. The fourth-order valence-corrected chi connectivity index (χ4v) is 3.40. The van der Waals surface area contributed by atoms with Crippen molar-refractivity contribution in [1.82, 2.24) is 20.1 Å². The first kappa shape index (κ1) is 18.2. The van der Waals surface area contributed by atoms with Gasteiger partial charge in [0.15, 0.2) is 0 Å². The predicted octanol–water partition coefficient (Wildman–Crippen LogP) is 3.65. The molecule has 2 heterocycles. The van der Waals surface area contributed by atoms with Gasteiger partial charge in [0.1, 0.15) is 5.75 Å². The van der Waals surface area contributed by atoms with Crippen LogP contribution < -0.4 is 10.1 Å². The minimum Gasteiger partial charge on any atom is -0.497 e. The molecule has 0 bridgehead atoms. The van der Waals surface area contributed by atoms with Crippen LogP contribution in [0.2, 0.25) is 0 Å². The molecule has 6 nitrogen and oxygen atoms in total. The Hall–Kier alpha value is -3.15. The van der Waals surface area contributed by atoms with Crippen LogP contribution >= 0.6 is 0 Å². The summed E-state index contributed by atoms with van der Waals surface area (Å²) in [5, 5.41) is 7.89. The molecule has 0 unspecified atom stereocenters. The first-order chi connectivity index (χ1) is 13.7.